The number of anilines is 1. The number of nitrogens with one attached hydrogen (secondary N) is 1. The van der Waals surface area contributed by atoms with Gasteiger partial charge in [0.05, 0.1) is 0 Å². The molecule has 0 saturated carbocycles. The monoisotopic (exact) mass is 250 g/mol. The van der Waals surface area contributed by atoms with Crippen LogP contribution in [0.3, 0.4) is 0 Å². The van der Waals surface area contributed by atoms with E-state index in [0.717, 1.165) is 5.56 Å². The summed E-state index contributed by atoms with van der Waals surface area (Å²) in [5.74, 6) is -0.299. The average molecular weight is 251 g/mol. The van der Waals surface area contributed by atoms with Crippen LogP contribution >= 0.6 is 11.6 Å². The van der Waals surface area contributed by atoms with Crippen LogP contribution < -0.4 is 5.32 Å². The van der Waals surface area contributed by atoms with Gasteiger partial charge in [0.1, 0.15) is 5.88 Å². The van der Waals surface area contributed by atoms with Gasteiger partial charge in [-0.2, -0.15) is 0 Å². The summed E-state index contributed by atoms with van der Waals surface area (Å²) in [6.07, 6.45) is 3.59. The molecule has 0 radical (unpaired) electrons. The van der Waals surface area contributed by atoms with Gasteiger partial charge in [-0.05, 0) is 23.2 Å². The Kier molecular flexibility index (Phi) is 5.64. The molecule has 1 rings (SSSR count). The summed E-state index contributed by atoms with van der Waals surface area (Å²) in [5.41, 5.74) is 9.74. The number of halogens is 1. The van der Waals surface area contributed by atoms with Gasteiger partial charge in [-0.15, -0.1) is 11.6 Å². The molecular formula is C11H11ClN4O. The number of amides is 1. The predicted molar refractivity (Wildman–Crippen MR) is 68.8 cm³/mol. The first kappa shape index (κ1) is 13.1. The maximum atomic E-state index is 11.0. The number of carbonyl (C=O) groups excluding carboxylic acids is 1. The lowest BCUT2D eigenvalue weighted by atomic mass is 10.2. The van der Waals surface area contributed by atoms with E-state index >= 15 is 0 Å². The largest absolute Gasteiger partial charge is 0.325 e. The highest BCUT2D eigenvalue weighted by molar-refractivity contribution is 6.29. The molecule has 1 aromatic carbocycles. The Hall–Kier alpha value is -1.97. The lowest BCUT2D eigenvalue weighted by Crippen LogP contribution is -2.12. The van der Waals surface area contributed by atoms with Crippen molar-refractivity contribution in [3.05, 3.63) is 46.3 Å². The van der Waals surface area contributed by atoms with Crippen LogP contribution in [0, 0.1) is 0 Å². The molecule has 0 spiro atoms. The number of rotatable bonds is 5. The predicted octanol–water partition coefficient (Wildman–Crippen LogP) is 3.19. The number of hydrogen-bond acceptors (Lipinski definition) is 2. The molecule has 0 unspecified atom stereocenters. The number of alkyl halides is 1. The van der Waals surface area contributed by atoms with Crippen molar-refractivity contribution in [2.75, 3.05) is 17.7 Å². The van der Waals surface area contributed by atoms with Gasteiger partial charge >= 0.3 is 0 Å². The van der Waals surface area contributed by atoms with E-state index in [2.05, 4.69) is 15.3 Å². The molecular weight excluding hydrogens is 240 g/mol. The second kappa shape index (κ2) is 7.33. The second-order valence-corrected chi connectivity index (χ2v) is 3.39. The summed E-state index contributed by atoms with van der Waals surface area (Å²) in [6.45, 7) is 0.321. The van der Waals surface area contributed by atoms with Crippen LogP contribution in [0.2, 0.25) is 0 Å². The molecule has 0 aromatic heterocycles. The van der Waals surface area contributed by atoms with E-state index in [9.17, 15) is 4.79 Å². The average Bonchev–Trinajstić information content (AvgIpc) is 2.36. The number of carbonyl (C=O) groups is 1. The molecule has 0 aliphatic rings. The third-order valence-electron chi connectivity index (χ3n) is 1.88. The van der Waals surface area contributed by atoms with E-state index in [0.29, 0.717) is 12.2 Å². The third-order valence-corrected chi connectivity index (χ3v) is 2.12. The van der Waals surface area contributed by atoms with Gasteiger partial charge in [-0.3, -0.25) is 4.79 Å². The molecule has 0 aliphatic carbocycles. The number of benzene rings is 1. The Morgan fingerprint density at radius 2 is 2.18 bits per heavy atom. The molecule has 1 N–H and O–H groups in total. The summed E-state index contributed by atoms with van der Waals surface area (Å²) >= 11 is 5.37. The Bertz CT molecular complexity index is 449. The maximum Gasteiger partial charge on any atom is 0.239 e. The highest BCUT2D eigenvalue weighted by Crippen LogP contribution is 2.10. The van der Waals surface area contributed by atoms with Crippen molar-refractivity contribution >= 4 is 29.3 Å². The summed E-state index contributed by atoms with van der Waals surface area (Å²) in [6, 6.07) is 7.24. The fraction of sp³-hybridized carbons (Fsp3) is 0.182. The summed E-state index contributed by atoms with van der Waals surface area (Å²) < 4.78 is 0. The summed E-state index contributed by atoms with van der Waals surface area (Å²) in [7, 11) is 0. The Morgan fingerprint density at radius 1 is 1.47 bits per heavy atom. The quantitative estimate of drug-likeness (QED) is 0.370. The highest BCUT2D eigenvalue weighted by Gasteiger charge is 1.98. The van der Waals surface area contributed by atoms with Gasteiger partial charge in [-0.25, -0.2) is 0 Å². The number of nitrogens with zero attached hydrogens (tertiary/aromatic N) is 3. The Balaban J connectivity index is 2.58. The zero-order chi connectivity index (χ0) is 12.5. The summed E-state index contributed by atoms with van der Waals surface area (Å²) in [5, 5.41) is 6.01. The van der Waals surface area contributed by atoms with Gasteiger partial charge < -0.3 is 5.32 Å². The van der Waals surface area contributed by atoms with E-state index in [-0.39, 0.29) is 11.8 Å². The van der Waals surface area contributed by atoms with Crippen LogP contribution in [0.15, 0.2) is 35.5 Å². The van der Waals surface area contributed by atoms with Crippen molar-refractivity contribution in [2.24, 2.45) is 5.11 Å². The van der Waals surface area contributed by atoms with E-state index in [1.54, 1.807) is 18.2 Å². The van der Waals surface area contributed by atoms with Crippen molar-refractivity contribution in [1.82, 2.24) is 0 Å². The molecule has 0 atom stereocenters. The fourth-order valence-electron chi connectivity index (χ4n) is 1.14. The molecule has 0 heterocycles. The van der Waals surface area contributed by atoms with Crippen LogP contribution in [-0.4, -0.2) is 18.3 Å². The lowest BCUT2D eigenvalue weighted by molar-refractivity contribution is -0.113. The molecule has 88 valence electrons. The molecule has 5 nitrogen and oxygen atoms in total. The first-order valence-electron chi connectivity index (χ1n) is 4.89. The van der Waals surface area contributed by atoms with Crippen molar-refractivity contribution in [1.29, 1.82) is 0 Å². The van der Waals surface area contributed by atoms with Crippen molar-refractivity contribution < 1.29 is 4.79 Å². The zero-order valence-corrected chi connectivity index (χ0v) is 9.76. The normalized spacial score (nSPS) is 9.94. The van der Waals surface area contributed by atoms with Crippen LogP contribution in [0.4, 0.5) is 5.69 Å². The van der Waals surface area contributed by atoms with Gasteiger partial charge in [0.15, 0.2) is 0 Å². The molecule has 0 saturated heterocycles. The fourth-order valence-corrected chi connectivity index (χ4v) is 1.21. The maximum absolute atomic E-state index is 11.0. The van der Waals surface area contributed by atoms with Crippen LogP contribution in [0.5, 0.6) is 0 Å². The van der Waals surface area contributed by atoms with Gasteiger partial charge in [0, 0.05) is 17.1 Å². The first-order chi connectivity index (χ1) is 8.26. The van der Waals surface area contributed by atoms with Gasteiger partial charge in [0.25, 0.3) is 0 Å². The minimum Gasteiger partial charge on any atom is -0.325 e. The topological polar surface area (TPSA) is 77.9 Å². The van der Waals surface area contributed by atoms with Gasteiger partial charge in [-0.1, -0.05) is 29.4 Å². The zero-order valence-electron chi connectivity index (χ0n) is 9.01. The molecule has 0 fully saturated rings. The first-order valence-corrected chi connectivity index (χ1v) is 5.43. The molecule has 1 amide bonds. The van der Waals surface area contributed by atoms with Crippen molar-refractivity contribution in [2.45, 2.75) is 0 Å². The van der Waals surface area contributed by atoms with Crippen LogP contribution in [0.1, 0.15) is 5.56 Å². The molecule has 0 aliphatic heterocycles. The summed E-state index contributed by atoms with van der Waals surface area (Å²) in [4.78, 5) is 13.6. The Morgan fingerprint density at radius 3 is 2.76 bits per heavy atom. The van der Waals surface area contributed by atoms with Crippen molar-refractivity contribution in [3.63, 3.8) is 0 Å². The molecule has 17 heavy (non-hydrogen) atoms. The van der Waals surface area contributed by atoms with E-state index in [1.807, 2.05) is 18.2 Å². The second-order valence-electron chi connectivity index (χ2n) is 3.12. The number of hydrogen-bond donors (Lipinski definition) is 1. The smallest absolute Gasteiger partial charge is 0.239 e. The molecule has 1 aromatic rings. The Labute approximate surface area is 104 Å². The highest BCUT2D eigenvalue weighted by atomic mass is 35.5. The SMILES string of the molecule is [N-]=[N+]=NCC=Cc1ccc(NC(=O)CCl)cc1. The van der Waals surface area contributed by atoms with Gasteiger partial charge in [0.2, 0.25) is 5.91 Å². The molecule has 0 bridgehead atoms. The van der Waals surface area contributed by atoms with E-state index in [4.69, 9.17) is 17.1 Å². The van der Waals surface area contributed by atoms with Crippen LogP contribution in [0.25, 0.3) is 16.5 Å². The minimum absolute atomic E-state index is 0.0617. The molecule has 6 heteroatoms. The lowest BCUT2D eigenvalue weighted by Gasteiger charge is -2.02. The third kappa shape index (κ3) is 5.06. The standard InChI is InChI=1S/C11H11ClN4O/c12-8-11(17)15-10-5-3-9(4-6-10)2-1-7-14-16-13/h1-6H,7-8H2,(H,15,17). The van der Waals surface area contributed by atoms with Crippen molar-refractivity contribution in [3.8, 4) is 0 Å². The van der Waals surface area contributed by atoms with Crippen LogP contribution in [-0.2, 0) is 4.79 Å². The minimum atomic E-state index is -0.238. The number of azide groups is 1. The van der Waals surface area contributed by atoms with E-state index < -0.39 is 0 Å². The van der Waals surface area contributed by atoms with E-state index in [1.165, 1.54) is 0 Å².